The summed E-state index contributed by atoms with van der Waals surface area (Å²) < 4.78 is 5.01. The highest BCUT2D eigenvalue weighted by Crippen LogP contribution is 2.50. The molecule has 0 spiro atoms. The van der Waals surface area contributed by atoms with Gasteiger partial charge in [0, 0.05) is 85.8 Å². The Hall–Kier alpha value is -7.96. The van der Waals surface area contributed by atoms with Crippen molar-refractivity contribution in [1.82, 2.24) is 0 Å². The van der Waals surface area contributed by atoms with Crippen LogP contribution in [0.15, 0.2) is 249 Å². The largest absolute Gasteiger partial charge is 0.310 e. The molecular weight excluding hydrogens is 827 g/mol. The maximum atomic E-state index is 2.43. The summed E-state index contributed by atoms with van der Waals surface area (Å²) >= 11 is 3.71. The van der Waals surface area contributed by atoms with Crippen molar-refractivity contribution in [3.05, 3.63) is 249 Å². The zero-order chi connectivity index (χ0) is 43.1. The lowest BCUT2D eigenvalue weighted by molar-refractivity contribution is 1.27. The first-order valence-corrected chi connectivity index (χ1v) is 23.5. The smallest absolute Gasteiger partial charge is 0.0575 e. The van der Waals surface area contributed by atoms with Crippen LogP contribution in [0.4, 0.5) is 51.2 Å². The molecule has 12 rings (SSSR count). The Balaban J connectivity index is 1.03. The van der Waals surface area contributed by atoms with E-state index in [1.54, 1.807) is 0 Å². The molecule has 0 aliphatic heterocycles. The summed E-state index contributed by atoms with van der Waals surface area (Å²) in [6.45, 7) is 0. The van der Waals surface area contributed by atoms with Crippen LogP contribution in [-0.4, -0.2) is 0 Å². The van der Waals surface area contributed by atoms with E-state index >= 15 is 0 Å². The second-order valence-corrected chi connectivity index (χ2v) is 18.3. The van der Waals surface area contributed by atoms with Crippen molar-refractivity contribution in [1.29, 1.82) is 0 Å². The second-order valence-electron chi connectivity index (χ2n) is 16.2. The number of anilines is 9. The molecule has 0 aliphatic carbocycles. The third kappa shape index (κ3) is 7.17. The quantitative estimate of drug-likeness (QED) is 0.136. The third-order valence-corrected chi connectivity index (χ3v) is 14.4. The first-order chi connectivity index (χ1) is 32.2. The van der Waals surface area contributed by atoms with E-state index < -0.39 is 0 Å². The number of rotatable bonds is 10. The monoisotopic (exact) mass is 867 g/mol. The van der Waals surface area contributed by atoms with Gasteiger partial charge in [-0.1, -0.05) is 140 Å². The van der Waals surface area contributed by atoms with Crippen LogP contribution in [0.25, 0.3) is 51.5 Å². The van der Waals surface area contributed by atoms with Gasteiger partial charge in [0.05, 0.1) is 5.69 Å². The molecule has 308 valence electrons. The van der Waals surface area contributed by atoms with Gasteiger partial charge in [-0.2, -0.15) is 0 Å². The Bertz CT molecular complexity index is 3550. The van der Waals surface area contributed by atoms with Crippen LogP contribution < -0.4 is 14.7 Å². The van der Waals surface area contributed by atoms with E-state index in [1.807, 2.05) is 22.7 Å². The number of hydrogen-bond donors (Lipinski definition) is 0. The van der Waals surface area contributed by atoms with Crippen LogP contribution in [0.2, 0.25) is 0 Å². The molecular formula is C60H41N3S2. The molecule has 12 aromatic rings. The number of nitrogens with zero attached hydrogens (tertiary/aromatic N) is 3. The molecule has 0 radical (unpaired) electrons. The molecule has 2 heterocycles. The summed E-state index contributed by atoms with van der Waals surface area (Å²) in [4.78, 5) is 7.20. The van der Waals surface area contributed by atoms with Crippen LogP contribution in [0.3, 0.4) is 0 Å². The minimum atomic E-state index is 1.09. The van der Waals surface area contributed by atoms with E-state index in [-0.39, 0.29) is 0 Å². The number of fused-ring (bicyclic) bond motifs is 6. The summed E-state index contributed by atoms with van der Waals surface area (Å²) in [5, 5.41) is 5.00. The molecule has 5 heteroatoms. The lowest BCUT2D eigenvalue weighted by Crippen LogP contribution is -2.13. The molecule has 0 saturated carbocycles. The van der Waals surface area contributed by atoms with Crippen molar-refractivity contribution in [2.45, 2.75) is 0 Å². The zero-order valence-electron chi connectivity index (χ0n) is 35.3. The molecule has 0 amide bonds. The standard InChI is InChI=1S/C60H41N3S2/c1-6-18-42(19-7-1)43-30-32-48(33-31-43)63(47-26-14-5-15-27-47)55-39-51(41-59-60(55)53-28-16-17-29-56(53)65-59)62(46-24-12-4-13-25-46)50-34-36-52-54-38-49(35-37-57(54)64-58(52)40-50)61(44-20-8-2-9-21-44)45-22-10-3-11-23-45/h1-41H. The number of para-hydroxylation sites is 4. The van der Waals surface area contributed by atoms with Gasteiger partial charge in [0.1, 0.15) is 0 Å². The fourth-order valence-electron chi connectivity index (χ4n) is 9.22. The van der Waals surface area contributed by atoms with Crippen LogP contribution >= 0.6 is 22.7 Å². The Morgan fingerprint density at radius 1 is 0.231 bits per heavy atom. The average Bonchev–Trinajstić information content (AvgIpc) is 3.94. The predicted octanol–water partition coefficient (Wildman–Crippen LogP) is 18.5. The minimum absolute atomic E-state index is 1.09. The molecule has 0 saturated heterocycles. The molecule has 2 aromatic heterocycles. The Labute approximate surface area is 386 Å². The molecule has 0 N–H and O–H groups in total. The predicted molar refractivity (Wildman–Crippen MR) is 282 cm³/mol. The van der Waals surface area contributed by atoms with Crippen molar-refractivity contribution in [2.24, 2.45) is 0 Å². The van der Waals surface area contributed by atoms with Crippen molar-refractivity contribution in [3.63, 3.8) is 0 Å². The lowest BCUT2D eigenvalue weighted by atomic mass is 10.0. The maximum absolute atomic E-state index is 2.43. The van der Waals surface area contributed by atoms with Gasteiger partial charge < -0.3 is 14.7 Å². The SMILES string of the molecule is c1ccc(-c2ccc(N(c3ccccc3)c3cc(N(c4ccccc4)c4ccc5c(c4)sc4ccc(N(c6ccccc6)c6ccccc6)cc45)cc4sc5ccccc5c34)cc2)cc1. The van der Waals surface area contributed by atoms with Gasteiger partial charge >= 0.3 is 0 Å². The van der Waals surface area contributed by atoms with E-state index in [2.05, 4.69) is 263 Å². The average molecular weight is 868 g/mol. The highest BCUT2D eigenvalue weighted by Gasteiger charge is 2.24. The van der Waals surface area contributed by atoms with Crippen molar-refractivity contribution in [2.75, 3.05) is 14.7 Å². The molecule has 0 fully saturated rings. The van der Waals surface area contributed by atoms with Gasteiger partial charge in [-0.3, -0.25) is 0 Å². The molecule has 3 nitrogen and oxygen atoms in total. The van der Waals surface area contributed by atoms with Gasteiger partial charge in [-0.15, -0.1) is 22.7 Å². The first kappa shape index (κ1) is 38.7. The van der Waals surface area contributed by atoms with E-state index in [0.717, 1.165) is 51.2 Å². The maximum Gasteiger partial charge on any atom is 0.0575 e. The molecule has 10 aromatic carbocycles. The Morgan fingerprint density at radius 3 is 1.29 bits per heavy atom. The topological polar surface area (TPSA) is 9.72 Å². The highest BCUT2D eigenvalue weighted by atomic mass is 32.1. The molecule has 0 bridgehead atoms. The molecule has 0 atom stereocenters. The Kier molecular flexibility index (Phi) is 9.90. The van der Waals surface area contributed by atoms with Gasteiger partial charge in [0.15, 0.2) is 0 Å². The molecule has 65 heavy (non-hydrogen) atoms. The molecule has 0 aliphatic rings. The van der Waals surface area contributed by atoms with Gasteiger partial charge in [-0.05, 0) is 120 Å². The van der Waals surface area contributed by atoms with Crippen molar-refractivity contribution in [3.8, 4) is 11.1 Å². The third-order valence-electron chi connectivity index (χ3n) is 12.2. The summed E-state index contributed by atoms with van der Waals surface area (Å²) in [6, 6.07) is 90.0. The van der Waals surface area contributed by atoms with Gasteiger partial charge in [-0.25, -0.2) is 0 Å². The van der Waals surface area contributed by atoms with Gasteiger partial charge in [0.2, 0.25) is 0 Å². The first-order valence-electron chi connectivity index (χ1n) is 21.9. The van der Waals surface area contributed by atoms with Gasteiger partial charge in [0.25, 0.3) is 0 Å². The number of benzene rings is 10. The van der Waals surface area contributed by atoms with Crippen LogP contribution in [0.5, 0.6) is 0 Å². The minimum Gasteiger partial charge on any atom is -0.310 e. The number of hydrogen-bond acceptors (Lipinski definition) is 5. The van der Waals surface area contributed by atoms with E-state index in [0.29, 0.717) is 0 Å². The summed E-state index contributed by atoms with van der Waals surface area (Å²) in [5.74, 6) is 0. The van der Waals surface area contributed by atoms with Crippen LogP contribution in [0.1, 0.15) is 0 Å². The zero-order valence-corrected chi connectivity index (χ0v) is 37.0. The number of thiophene rings is 2. The fourth-order valence-corrected chi connectivity index (χ4v) is 11.5. The van der Waals surface area contributed by atoms with E-state index in [4.69, 9.17) is 0 Å². The summed E-state index contributed by atoms with van der Waals surface area (Å²) in [5.41, 5.74) is 12.4. The fraction of sp³-hybridized carbons (Fsp3) is 0. The normalized spacial score (nSPS) is 11.4. The van der Waals surface area contributed by atoms with Crippen LogP contribution in [0, 0.1) is 0 Å². The van der Waals surface area contributed by atoms with Crippen LogP contribution in [-0.2, 0) is 0 Å². The summed E-state index contributed by atoms with van der Waals surface area (Å²) in [6.07, 6.45) is 0. The van der Waals surface area contributed by atoms with E-state index in [9.17, 15) is 0 Å². The second kappa shape index (κ2) is 16.6. The van der Waals surface area contributed by atoms with Crippen molar-refractivity contribution >= 4 is 114 Å². The van der Waals surface area contributed by atoms with Crippen molar-refractivity contribution < 1.29 is 0 Å². The lowest BCUT2D eigenvalue weighted by Gasteiger charge is -2.30. The highest BCUT2D eigenvalue weighted by molar-refractivity contribution is 7.26. The summed E-state index contributed by atoms with van der Waals surface area (Å²) in [7, 11) is 0. The molecule has 0 unspecified atom stereocenters. The van der Waals surface area contributed by atoms with E-state index in [1.165, 1.54) is 51.5 Å². The Morgan fingerprint density at radius 2 is 0.662 bits per heavy atom.